The number of ether oxygens (including phenoxy) is 1. The molecule has 1 N–H and O–H groups in total. The second-order valence-electron chi connectivity index (χ2n) is 6.03. The van der Waals surface area contributed by atoms with Crippen LogP contribution in [0.5, 0.6) is 0 Å². The van der Waals surface area contributed by atoms with Crippen molar-refractivity contribution in [1.82, 2.24) is 15.4 Å². The summed E-state index contributed by atoms with van der Waals surface area (Å²) < 4.78 is 10.7. The molecule has 0 bridgehead atoms. The fourth-order valence-corrected chi connectivity index (χ4v) is 3.12. The van der Waals surface area contributed by atoms with Crippen LogP contribution in [0.1, 0.15) is 36.8 Å². The Hall–Kier alpha value is -1.40. The molecule has 21 heavy (non-hydrogen) atoms. The maximum absolute atomic E-state index is 12.1. The Balaban J connectivity index is 1.49. The van der Waals surface area contributed by atoms with E-state index in [2.05, 4.69) is 15.4 Å². The molecule has 0 spiro atoms. The molecule has 2 fully saturated rings. The monoisotopic (exact) mass is 293 g/mol. The summed E-state index contributed by atoms with van der Waals surface area (Å²) >= 11 is 0. The van der Waals surface area contributed by atoms with Gasteiger partial charge in [-0.2, -0.15) is 0 Å². The number of amides is 1. The van der Waals surface area contributed by atoms with Crippen LogP contribution in [0.2, 0.25) is 0 Å². The SMILES string of the molecule is Cc1cc([C@H]2CCCN2CC(=O)NC[C@@H]2CCOC2)on1. The molecular formula is C15H23N3O3. The molecule has 3 rings (SSSR count). The minimum atomic E-state index is 0.0880. The van der Waals surface area contributed by atoms with Crippen LogP contribution in [0.15, 0.2) is 10.6 Å². The van der Waals surface area contributed by atoms with Crippen LogP contribution in [0, 0.1) is 12.8 Å². The zero-order chi connectivity index (χ0) is 14.7. The number of aryl methyl sites for hydroxylation is 1. The Labute approximate surface area is 124 Å². The number of nitrogens with one attached hydrogen (secondary N) is 1. The molecule has 6 heteroatoms. The highest BCUT2D eigenvalue weighted by molar-refractivity contribution is 5.78. The largest absolute Gasteiger partial charge is 0.381 e. The molecule has 1 amide bonds. The van der Waals surface area contributed by atoms with Crippen LogP contribution in [0.4, 0.5) is 0 Å². The van der Waals surface area contributed by atoms with E-state index in [0.29, 0.717) is 12.5 Å². The topological polar surface area (TPSA) is 67.6 Å². The van der Waals surface area contributed by atoms with Crippen molar-refractivity contribution in [2.24, 2.45) is 5.92 Å². The van der Waals surface area contributed by atoms with Crippen LogP contribution < -0.4 is 5.32 Å². The average Bonchev–Trinajstić information content (AvgIpc) is 3.17. The number of hydrogen-bond acceptors (Lipinski definition) is 5. The second-order valence-corrected chi connectivity index (χ2v) is 6.03. The van der Waals surface area contributed by atoms with Gasteiger partial charge in [0.1, 0.15) is 0 Å². The lowest BCUT2D eigenvalue weighted by Gasteiger charge is -2.22. The molecule has 0 aliphatic carbocycles. The lowest BCUT2D eigenvalue weighted by molar-refractivity contribution is -0.122. The van der Waals surface area contributed by atoms with Gasteiger partial charge in [-0.15, -0.1) is 0 Å². The normalized spacial score (nSPS) is 26.3. The third-order valence-electron chi connectivity index (χ3n) is 4.30. The van der Waals surface area contributed by atoms with Gasteiger partial charge in [0.2, 0.25) is 5.91 Å². The molecule has 2 aliphatic heterocycles. The lowest BCUT2D eigenvalue weighted by atomic mass is 10.1. The van der Waals surface area contributed by atoms with Crippen molar-refractivity contribution in [2.45, 2.75) is 32.2 Å². The summed E-state index contributed by atoms with van der Waals surface area (Å²) in [5, 5.41) is 6.97. The van der Waals surface area contributed by atoms with Gasteiger partial charge in [-0.25, -0.2) is 0 Å². The van der Waals surface area contributed by atoms with E-state index in [1.54, 1.807) is 0 Å². The standard InChI is InChI=1S/C15H23N3O3/c1-11-7-14(21-17-11)13-3-2-5-18(13)9-15(19)16-8-12-4-6-20-10-12/h7,12-13H,2-6,8-10H2,1H3,(H,16,19)/t12-,13+/m0/s1. The quantitative estimate of drug-likeness (QED) is 0.885. The molecule has 2 saturated heterocycles. The van der Waals surface area contributed by atoms with E-state index in [1.807, 2.05) is 13.0 Å². The van der Waals surface area contributed by atoms with Gasteiger partial charge in [0.25, 0.3) is 0 Å². The Kier molecular flexibility index (Phi) is 4.55. The van der Waals surface area contributed by atoms with Gasteiger partial charge in [-0.05, 0) is 32.7 Å². The second kappa shape index (κ2) is 6.58. The van der Waals surface area contributed by atoms with Gasteiger partial charge in [0.15, 0.2) is 5.76 Å². The van der Waals surface area contributed by atoms with Crippen molar-refractivity contribution in [3.05, 3.63) is 17.5 Å². The Morgan fingerprint density at radius 1 is 1.52 bits per heavy atom. The van der Waals surface area contributed by atoms with Gasteiger partial charge in [0.05, 0.1) is 24.9 Å². The van der Waals surface area contributed by atoms with E-state index in [9.17, 15) is 4.79 Å². The fourth-order valence-electron chi connectivity index (χ4n) is 3.12. The smallest absolute Gasteiger partial charge is 0.234 e. The Morgan fingerprint density at radius 3 is 3.14 bits per heavy atom. The first-order valence-corrected chi connectivity index (χ1v) is 7.74. The summed E-state index contributed by atoms with van der Waals surface area (Å²) in [6.07, 6.45) is 3.16. The number of hydrogen-bond donors (Lipinski definition) is 1. The van der Waals surface area contributed by atoms with E-state index >= 15 is 0 Å². The molecule has 2 atom stereocenters. The molecule has 3 heterocycles. The van der Waals surface area contributed by atoms with Crippen LogP contribution in [0.25, 0.3) is 0 Å². The number of aromatic nitrogens is 1. The first-order valence-electron chi connectivity index (χ1n) is 7.74. The lowest BCUT2D eigenvalue weighted by Crippen LogP contribution is -2.39. The van der Waals surface area contributed by atoms with E-state index in [-0.39, 0.29) is 11.9 Å². The maximum Gasteiger partial charge on any atom is 0.234 e. The molecule has 1 aromatic rings. The number of rotatable bonds is 5. The number of nitrogens with zero attached hydrogens (tertiary/aromatic N) is 2. The molecule has 1 aromatic heterocycles. The van der Waals surface area contributed by atoms with Gasteiger partial charge in [-0.3, -0.25) is 9.69 Å². The fraction of sp³-hybridized carbons (Fsp3) is 0.733. The van der Waals surface area contributed by atoms with Gasteiger partial charge in [-0.1, -0.05) is 5.16 Å². The zero-order valence-corrected chi connectivity index (χ0v) is 12.5. The first kappa shape index (κ1) is 14.5. The molecular weight excluding hydrogens is 270 g/mol. The van der Waals surface area contributed by atoms with Crippen LogP contribution in [-0.2, 0) is 9.53 Å². The van der Waals surface area contributed by atoms with Gasteiger partial charge in [0, 0.05) is 25.1 Å². The van der Waals surface area contributed by atoms with Crippen molar-refractivity contribution in [3.8, 4) is 0 Å². The van der Waals surface area contributed by atoms with E-state index in [0.717, 1.165) is 57.0 Å². The van der Waals surface area contributed by atoms with Gasteiger partial charge >= 0.3 is 0 Å². The van der Waals surface area contributed by atoms with Crippen LogP contribution in [-0.4, -0.2) is 48.8 Å². The summed E-state index contributed by atoms with van der Waals surface area (Å²) in [6, 6.07) is 2.16. The Bertz CT molecular complexity index is 482. The maximum atomic E-state index is 12.1. The minimum absolute atomic E-state index is 0.0880. The molecule has 6 nitrogen and oxygen atoms in total. The molecule has 0 saturated carbocycles. The number of carbonyl (C=O) groups excluding carboxylic acids is 1. The summed E-state index contributed by atoms with van der Waals surface area (Å²) in [7, 11) is 0. The molecule has 116 valence electrons. The predicted octanol–water partition coefficient (Wildman–Crippen LogP) is 1.27. The van der Waals surface area contributed by atoms with Crippen LogP contribution in [0.3, 0.4) is 0 Å². The van der Waals surface area contributed by atoms with Gasteiger partial charge < -0.3 is 14.6 Å². The third kappa shape index (κ3) is 3.63. The first-order chi connectivity index (χ1) is 10.2. The van der Waals surface area contributed by atoms with E-state index in [1.165, 1.54) is 0 Å². The Morgan fingerprint density at radius 2 is 2.43 bits per heavy atom. The van der Waals surface area contributed by atoms with Crippen molar-refractivity contribution in [3.63, 3.8) is 0 Å². The van der Waals surface area contributed by atoms with Crippen molar-refractivity contribution >= 4 is 5.91 Å². The van der Waals surface area contributed by atoms with Crippen molar-refractivity contribution < 1.29 is 14.1 Å². The summed E-state index contributed by atoms with van der Waals surface area (Å²) in [5.41, 5.74) is 0.891. The molecule has 0 unspecified atom stereocenters. The number of likely N-dealkylation sites (tertiary alicyclic amines) is 1. The van der Waals surface area contributed by atoms with Crippen molar-refractivity contribution in [2.75, 3.05) is 32.8 Å². The third-order valence-corrected chi connectivity index (χ3v) is 4.30. The van der Waals surface area contributed by atoms with E-state index < -0.39 is 0 Å². The highest BCUT2D eigenvalue weighted by atomic mass is 16.5. The highest BCUT2D eigenvalue weighted by Crippen LogP contribution is 2.31. The summed E-state index contributed by atoms with van der Waals surface area (Å²) in [6.45, 7) is 5.59. The molecule has 2 aliphatic rings. The predicted molar refractivity (Wildman–Crippen MR) is 76.7 cm³/mol. The van der Waals surface area contributed by atoms with Crippen LogP contribution >= 0.6 is 0 Å². The molecule has 0 aromatic carbocycles. The molecule has 0 radical (unpaired) electrons. The zero-order valence-electron chi connectivity index (χ0n) is 12.5. The average molecular weight is 293 g/mol. The highest BCUT2D eigenvalue weighted by Gasteiger charge is 2.30. The summed E-state index contributed by atoms with van der Waals surface area (Å²) in [4.78, 5) is 14.3. The summed E-state index contributed by atoms with van der Waals surface area (Å²) in [5.74, 6) is 1.44. The minimum Gasteiger partial charge on any atom is -0.381 e. The van der Waals surface area contributed by atoms with Crippen molar-refractivity contribution in [1.29, 1.82) is 0 Å². The van der Waals surface area contributed by atoms with E-state index in [4.69, 9.17) is 9.26 Å². The number of carbonyl (C=O) groups is 1.